The van der Waals surface area contributed by atoms with Crippen LogP contribution >= 0.6 is 0 Å². The Kier molecular flexibility index (Phi) is 5.14. The molecule has 1 fully saturated rings. The van der Waals surface area contributed by atoms with Crippen molar-refractivity contribution in [1.29, 1.82) is 0 Å². The van der Waals surface area contributed by atoms with Gasteiger partial charge in [-0.2, -0.15) is 0 Å². The smallest absolute Gasteiger partial charge is 0.0271 e. The molecule has 1 aliphatic rings. The molecular formula is C15H25N3. The van der Waals surface area contributed by atoms with Crippen LogP contribution in [0.1, 0.15) is 31.7 Å². The number of aromatic nitrogens is 1. The summed E-state index contributed by atoms with van der Waals surface area (Å²) in [6.07, 6.45) is 7.71. The zero-order valence-corrected chi connectivity index (χ0v) is 11.6. The molecule has 2 rings (SSSR count). The van der Waals surface area contributed by atoms with Crippen LogP contribution in [0.25, 0.3) is 0 Å². The summed E-state index contributed by atoms with van der Waals surface area (Å²) in [5, 5.41) is 3.55. The molecule has 3 nitrogen and oxygen atoms in total. The second kappa shape index (κ2) is 6.86. The van der Waals surface area contributed by atoms with Crippen LogP contribution in [0.2, 0.25) is 0 Å². The number of hydrogen-bond acceptors (Lipinski definition) is 3. The molecule has 1 aliphatic carbocycles. The molecular weight excluding hydrogens is 222 g/mol. The maximum absolute atomic E-state index is 4.07. The highest BCUT2D eigenvalue weighted by molar-refractivity contribution is 5.09. The fourth-order valence-corrected chi connectivity index (χ4v) is 2.73. The van der Waals surface area contributed by atoms with Crippen molar-refractivity contribution in [1.82, 2.24) is 15.2 Å². The summed E-state index contributed by atoms with van der Waals surface area (Å²) in [5.74, 6) is 0.836. The molecule has 2 atom stereocenters. The third kappa shape index (κ3) is 3.53. The Morgan fingerprint density at radius 2 is 2.11 bits per heavy atom. The number of nitrogens with zero attached hydrogens (tertiary/aromatic N) is 2. The van der Waals surface area contributed by atoms with Gasteiger partial charge in [0.05, 0.1) is 0 Å². The lowest BCUT2D eigenvalue weighted by molar-refractivity contribution is 0.0782. The van der Waals surface area contributed by atoms with Crippen LogP contribution in [0, 0.1) is 5.92 Å². The fourth-order valence-electron chi connectivity index (χ4n) is 2.73. The first-order chi connectivity index (χ1) is 8.81. The van der Waals surface area contributed by atoms with Crippen LogP contribution in [-0.4, -0.2) is 36.1 Å². The van der Waals surface area contributed by atoms with Gasteiger partial charge in [-0.1, -0.05) is 6.92 Å². The first kappa shape index (κ1) is 13.5. The number of rotatable bonds is 7. The van der Waals surface area contributed by atoms with E-state index in [2.05, 4.69) is 41.3 Å². The average molecular weight is 247 g/mol. The zero-order chi connectivity index (χ0) is 12.8. The van der Waals surface area contributed by atoms with Crippen molar-refractivity contribution in [2.24, 2.45) is 5.92 Å². The van der Waals surface area contributed by atoms with Crippen molar-refractivity contribution in [2.45, 2.75) is 38.8 Å². The first-order valence-electron chi connectivity index (χ1n) is 7.11. The van der Waals surface area contributed by atoms with Crippen molar-refractivity contribution < 1.29 is 0 Å². The van der Waals surface area contributed by atoms with Crippen LogP contribution in [0.4, 0.5) is 0 Å². The van der Waals surface area contributed by atoms with Crippen LogP contribution in [0.5, 0.6) is 0 Å². The van der Waals surface area contributed by atoms with Gasteiger partial charge in [-0.3, -0.25) is 9.88 Å². The quantitative estimate of drug-likeness (QED) is 0.749. The largest absolute Gasteiger partial charge is 0.316 e. The van der Waals surface area contributed by atoms with Crippen LogP contribution in [0.3, 0.4) is 0 Å². The Hall–Kier alpha value is -0.930. The number of pyridine rings is 1. The van der Waals surface area contributed by atoms with E-state index in [1.54, 1.807) is 0 Å². The molecule has 0 aromatic carbocycles. The van der Waals surface area contributed by atoms with E-state index in [1.165, 1.54) is 31.4 Å². The van der Waals surface area contributed by atoms with E-state index < -0.39 is 0 Å². The molecule has 0 spiro atoms. The Morgan fingerprint density at radius 1 is 1.33 bits per heavy atom. The van der Waals surface area contributed by atoms with Gasteiger partial charge in [-0.25, -0.2) is 0 Å². The summed E-state index contributed by atoms with van der Waals surface area (Å²) in [4.78, 5) is 6.57. The lowest BCUT2D eigenvalue weighted by Crippen LogP contribution is -2.48. The van der Waals surface area contributed by atoms with Gasteiger partial charge in [0.2, 0.25) is 0 Å². The molecule has 0 bridgehead atoms. The summed E-state index contributed by atoms with van der Waals surface area (Å²) in [7, 11) is 2.25. The van der Waals surface area contributed by atoms with E-state index in [4.69, 9.17) is 0 Å². The molecule has 1 aromatic rings. The van der Waals surface area contributed by atoms with Crippen molar-refractivity contribution in [3.8, 4) is 0 Å². The van der Waals surface area contributed by atoms with Crippen LogP contribution in [0.15, 0.2) is 24.5 Å². The average Bonchev–Trinajstić information content (AvgIpc) is 2.34. The highest BCUT2D eigenvalue weighted by Gasteiger charge is 2.33. The highest BCUT2D eigenvalue weighted by Crippen LogP contribution is 2.31. The molecule has 0 radical (unpaired) electrons. The second-order valence-electron chi connectivity index (χ2n) is 5.38. The van der Waals surface area contributed by atoms with Crippen molar-refractivity contribution in [2.75, 3.05) is 20.1 Å². The van der Waals surface area contributed by atoms with Gasteiger partial charge in [-0.05, 0) is 63.0 Å². The van der Waals surface area contributed by atoms with Gasteiger partial charge >= 0.3 is 0 Å². The Balaban J connectivity index is 1.77. The standard InChI is InChI=1S/C15H25N3/c1-3-8-17-11-14-4-5-15(14)18(2)12-13-6-9-16-10-7-13/h6-7,9-10,14-15,17H,3-5,8,11-12H2,1-2H3. The topological polar surface area (TPSA) is 28.2 Å². The highest BCUT2D eigenvalue weighted by atomic mass is 15.1. The molecule has 0 saturated heterocycles. The molecule has 1 saturated carbocycles. The maximum atomic E-state index is 4.07. The molecule has 1 aromatic heterocycles. The normalized spacial score (nSPS) is 23.1. The lowest BCUT2D eigenvalue weighted by atomic mass is 9.78. The van der Waals surface area contributed by atoms with Gasteiger partial charge in [0.25, 0.3) is 0 Å². The number of hydrogen-bond donors (Lipinski definition) is 1. The van der Waals surface area contributed by atoms with Crippen molar-refractivity contribution in [3.63, 3.8) is 0 Å². The summed E-state index contributed by atoms with van der Waals surface area (Å²) in [6.45, 7) is 5.59. The van der Waals surface area contributed by atoms with E-state index in [0.717, 1.165) is 25.0 Å². The summed E-state index contributed by atoms with van der Waals surface area (Å²) in [5.41, 5.74) is 1.36. The first-order valence-corrected chi connectivity index (χ1v) is 7.11. The summed E-state index contributed by atoms with van der Waals surface area (Å²) in [6, 6.07) is 4.97. The number of nitrogens with one attached hydrogen (secondary N) is 1. The third-order valence-corrected chi connectivity index (χ3v) is 3.96. The minimum atomic E-state index is 0.752. The lowest BCUT2D eigenvalue weighted by Gasteiger charge is -2.43. The van der Waals surface area contributed by atoms with Gasteiger partial charge in [0.15, 0.2) is 0 Å². The Bertz CT molecular complexity index is 339. The van der Waals surface area contributed by atoms with Gasteiger partial charge < -0.3 is 5.32 Å². The minimum absolute atomic E-state index is 0.752. The molecule has 1 heterocycles. The molecule has 1 N–H and O–H groups in total. The molecule has 3 heteroatoms. The third-order valence-electron chi connectivity index (χ3n) is 3.96. The monoisotopic (exact) mass is 247 g/mol. The van der Waals surface area contributed by atoms with Crippen molar-refractivity contribution in [3.05, 3.63) is 30.1 Å². The SMILES string of the molecule is CCCNCC1CCC1N(C)Cc1ccncc1. The van der Waals surface area contributed by atoms with Gasteiger partial charge in [-0.15, -0.1) is 0 Å². The molecule has 2 unspecified atom stereocenters. The predicted octanol–water partition coefficient (Wildman–Crippen LogP) is 2.29. The maximum Gasteiger partial charge on any atom is 0.0271 e. The van der Waals surface area contributed by atoms with Crippen LogP contribution in [-0.2, 0) is 6.54 Å². The van der Waals surface area contributed by atoms with Gasteiger partial charge in [0.1, 0.15) is 0 Å². The van der Waals surface area contributed by atoms with E-state index in [0.29, 0.717) is 0 Å². The summed E-state index contributed by atoms with van der Waals surface area (Å²) >= 11 is 0. The van der Waals surface area contributed by atoms with E-state index in [-0.39, 0.29) is 0 Å². The van der Waals surface area contributed by atoms with Crippen LogP contribution < -0.4 is 5.32 Å². The Morgan fingerprint density at radius 3 is 2.72 bits per heavy atom. The van der Waals surface area contributed by atoms with Gasteiger partial charge in [0, 0.05) is 25.0 Å². The fraction of sp³-hybridized carbons (Fsp3) is 0.667. The Labute approximate surface area is 111 Å². The molecule has 0 aliphatic heterocycles. The molecule has 0 amide bonds. The molecule has 18 heavy (non-hydrogen) atoms. The minimum Gasteiger partial charge on any atom is -0.316 e. The summed E-state index contributed by atoms with van der Waals surface area (Å²) < 4.78 is 0. The van der Waals surface area contributed by atoms with E-state index in [1.807, 2.05) is 12.4 Å². The second-order valence-corrected chi connectivity index (χ2v) is 5.38. The van der Waals surface area contributed by atoms with E-state index >= 15 is 0 Å². The zero-order valence-electron chi connectivity index (χ0n) is 11.6. The predicted molar refractivity (Wildman–Crippen MR) is 75.4 cm³/mol. The molecule has 100 valence electrons. The van der Waals surface area contributed by atoms with E-state index in [9.17, 15) is 0 Å². The van der Waals surface area contributed by atoms with Crippen molar-refractivity contribution >= 4 is 0 Å².